The fourth-order valence-electron chi connectivity index (χ4n) is 13.9. The van der Waals surface area contributed by atoms with Crippen molar-refractivity contribution < 1.29 is 28.2 Å². The maximum Gasteiger partial charge on any atom is 0.387 e. The number of aromatic nitrogens is 6. The zero-order valence-corrected chi connectivity index (χ0v) is 59.3. The number of rotatable bonds is 24. The minimum absolute atomic E-state index is 0.0619. The molecule has 4 aliphatic carbocycles. The average molecular weight is 1350 g/mol. The van der Waals surface area contributed by atoms with Gasteiger partial charge in [-0.05, 0) is 183 Å². The van der Waals surface area contributed by atoms with E-state index in [4.69, 9.17) is 4.74 Å². The van der Waals surface area contributed by atoms with Gasteiger partial charge in [0.15, 0.2) is 0 Å². The van der Waals surface area contributed by atoms with Crippen LogP contribution in [0.2, 0.25) is 0 Å². The largest absolute Gasteiger partial charge is 0.490 e. The molecule has 0 radical (unpaired) electrons. The third-order valence-corrected chi connectivity index (χ3v) is 21.1. The van der Waals surface area contributed by atoms with E-state index in [-0.39, 0.29) is 46.0 Å². The molecule has 528 valence electrons. The van der Waals surface area contributed by atoms with Gasteiger partial charge in [-0.15, -0.1) is 0 Å². The van der Waals surface area contributed by atoms with Gasteiger partial charge in [-0.2, -0.15) is 39.5 Å². The minimum atomic E-state index is -2.85. The first-order valence-corrected chi connectivity index (χ1v) is 35.6. The second-order valence-corrected chi connectivity index (χ2v) is 29.8. The number of nitrogens with one attached hydrogen (secondary N) is 6. The summed E-state index contributed by atoms with van der Waals surface area (Å²) in [5.74, 6) is 6.02. The number of aliphatic hydroxyl groups excluding tert-OH is 1. The van der Waals surface area contributed by atoms with Crippen molar-refractivity contribution in [1.29, 1.82) is 15.8 Å². The number of nitrogens with zero attached hydrogens (tertiary/aromatic N) is 10. The normalized spacial score (nSPS) is 21.8. The number of carbonyl (C=O) groups excluding carboxylic acids is 1. The number of alkyl halides is 2. The maximum absolute atomic E-state index is 12.3. The van der Waals surface area contributed by atoms with Crippen LogP contribution < -0.4 is 41.4 Å². The first kappa shape index (κ1) is 74.3. The molecule has 0 bridgehead atoms. The number of carbonyl (C=O) groups is 1. The predicted molar refractivity (Wildman–Crippen MR) is 384 cm³/mol. The average Bonchev–Trinajstić information content (AvgIpc) is 1.35. The number of amides is 1. The molecular weight excluding hydrogens is 1250 g/mol. The van der Waals surface area contributed by atoms with Gasteiger partial charge in [-0.1, -0.05) is 111 Å². The van der Waals surface area contributed by atoms with E-state index in [0.29, 0.717) is 114 Å². The lowest BCUT2D eigenvalue weighted by atomic mass is 9.68. The molecule has 1 saturated heterocycles. The van der Waals surface area contributed by atoms with Crippen molar-refractivity contribution in [3.63, 3.8) is 0 Å². The lowest BCUT2D eigenvalue weighted by Crippen LogP contribution is -2.41. The Hall–Kier alpha value is -8.94. The molecule has 1 aliphatic heterocycles. The van der Waals surface area contributed by atoms with Crippen molar-refractivity contribution in [3.8, 4) is 29.7 Å². The molecule has 20 nitrogen and oxygen atoms in total. The number of nitriles is 3. The van der Waals surface area contributed by atoms with Gasteiger partial charge in [-0.3, -0.25) is 4.79 Å². The molecule has 6 aromatic rings. The molecule has 7 atom stereocenters. The summed E-state index contributed by atoms with van der Waals surface area (Å²) in [6, 6.07) is 30.7. The molecule has 3 aromatic carbocycles. The van der Waals surface area contributed by atoms with Gasteiger partial charge < -0.3 is 51.4 Å². The Morgan fingerprint density at radius 1 is 0.576 bits per heavy atom. The number of ether oxygens (including phenoxy) is 2. The predicted octanol–water partition coefficient (Wildman–Crippen LogP) is 15.2. The van der Waals surface area contributed by atoms with E-state index in [1.165, 1.54) is 73.5 Å². The first-order valence-electron chi connectivity index (χ1n) is 35.6. The second kappa shape index (κ2) is 34.7. The summed E-state index contributed by atoms with van der Waals surface area (Å²) in [4.78, 5) is 40.4. The number of hydrogen-bond acceptors (Lipinski definition) is 19. The van der Waals surface area contributed by atoms with Gasteiger partial charge in [0.2, 0.25) is 23.8 Å². The number of anilines is 6. The molecule has 3 aromatic heterocycles. The molecular formula is C77H102F2N16O4. The van der Waals surface area contributed by atoms with Crippen molar-refractivity contribution in [2.24, 2.45) is 28.1 Å². The zero-order chi connectivity index (χ0) is 70.7. The van der Waals surface area contributed by atoms with Crippen molar-refractivity contribution in [2.45, 2.75) is 221 Å². The minimum Gasteiger partial charge on any atom is -0.490 e. The van der Waals surface area contributed by atoms with E-state index in [9.17, 15) is 34.5 Å². The van der Waals surface area contributed by atoms with Crippen molar-refractivity contribution in [3.05, 3.63) is 130 Å². The van der Waals surface area contributed by atoms with E-state index < -0.39 is 6.61 Å². The molecule has 5 aliphatic rings. The lowest BCUT2D eigenvalue weighted by molar-refractivity contribution is -0.128. The Labute approximate surface area is 584 Å². The zero-order valence-electron chi connectivity index (χ0n) is 59.3. The summed E-state index contributed by atoms with van der Waals surface area (Å²) in [7, 11) is 0. The van der Waals surface area contributed by atoms with Crippen LogP contribution in [0.4, 0.5) is 44.1 Å². The van der Waals surface area contributed by atoms with Gasteiger partial charge in [-0.25, -0.2) is 15.0 Å². The van der Waals surface area contributed by atoms with Crippen molar-refractivity contribution >= 4 is 41.2 Å². The molecule has 7 N–H and O–H groups in total. The number of benzene rings is 3. The van der Waals surface area contributed by atoms with Crippen LogP contribution in [0.15, 0.2) is 91.4 Å². The van der Waals surface area contributed by atoms with Crippen LogP contribution in [0.25, 0.3) is 0 Å². The van der Waals surface area contributed by atoms with Crippen LogP contribution >= 0.6 is 0 Å². The molecule has 4 heterocycles. The Morgan fingerprint density at radius 2 is 1.01 bits per heavy atom. The van der Waals surface area contributed by atoms with Crippen LogP contribution in [0.1, 0.15) is 203 Å². The van der Waals surface area contributed by atoms with Crippen molar-refractivity contribution in [2.75, 3.05) is 58.1 Å². The van der Waals surface area contributed by atoms with Gasteiger partial charge >= 0.3 is 6.61 Å². The van der Waals surface area contributed by atoms with Crippen LogP contribution in [0, 0.1) is 62.1 Å². The molecule has 4 saturated carbocycles. The Bertz CT molecular complexity index is 3720. The highest BCUT2D eigenvalue weighted by Gasteiger charge is 2.38. The summed E-state index contributed by atoms with van der Waals surface area (Å²) in [5, 5.41) is 58.9. The molecule has 22 heteroatoms. The molecule has 99 heavy (non-hydrogen) atoms. The summed E-state index contributed by atoms with van der Waals surface area (Å²) in [6.45, 7) is 20.7. The van der Waals surface area contributed by atoms with Gasteiger partial charge in [0.25, 0.3) is 0 Å². The molecule has 1 unspecified atom stereocenters. The van der Waals surface area contributed by atoms with Gasteiger partial charge in [0.05, 0.1) is 30.8 Å². The number of halogens is 2. The number of hydrogen-bond donors (Lipinski definition) is 7. The topological polar surface area (TPSA) is 280 Å². The highest BCUT2D eigenvalue weighted by atomic mass is 19.3. The monoisotopic (exact) mass is 1350 g/mol. The molecule has 5 fully saturated rings. The quantitative estimate of drug-likeness (QED) is 0.0296. The van der Waals surface area contributed by atoms with Crippen molar-refractivity contribution in [1.82, 2.24) is 34.8 Å². The molecule has 0 spiro atoms. The summed E-state index contributed by atoms with van der Waals surface area (Å²) >= 11 is 0. The third-order valence-electron chi connectivity index (χ3n) is 21.1. The Morgan fingerprint density at radius 3 is 1.44 bits per heavy atom. The molecule has 1 amide bonds. The van der Waals surface area contributed by atoms with Crippen LogP contribution in [-0.2, 0) is 24.2 Å². The van der Waals surface area contributed by atoms with Gasteiger partial charge in [0.1, 0.15) is 63.9 Å². The van der Waals surface area contributed by atoms with Crippen LogP contribution in [0.5, 0.6) is 11.5 Å². The van der Waals surface area contributed by atoms with E-state index in [1.54, 1.807) is 24.5 Å². The first-order chi connectivity index (χ1) is 47.4. The summed E-state index contributed by atoms with van der Waals surface area (Å²) in [6.07, 6.45) is 22.0. The van der Waals surface area contributed by atoms with E-state index >= 15 is 0 Å². The Balaban J connectivity index is 0.000000174. The fraction of sp³-hybridized carbons (Fsp3) is 0.558. The van der Waals surface area contributed by atoms with Crippen LogP contribution in [0.3, 0.4) is 0 Å². The van der Waals surface area contributed by atoms with E-state index in [2.05, 4.69) is 175 Å². The summed E-state index contributed by atoms with van der Waals surface area (Å²) in [5.41, 5.74) is 6.27. The van der Waals surface area contributed by atoms with Gasteiger partial charge in [0, 0.05) is 57.3 Å². The smallest absolute Gasteiger partial charge is 0.387 e. The lowest BCUT2D eigenvalue weighted by Gasteiger charge is -2.41. The number of aliphatic hydroxyl groups is 1. The Kier molecular flexibility index (Phi) is 26.0. The second-order valence-electron chi connectivity index (χ2n) is 29.8. The maximum atomic E-state index is 12.3. The molecule has 11 rings (SSSR count). The third kappa shape index (κ3) is 21.8. The SMILES string of the molecule is CC(CNc1ncc(C#N)c(N[C@@H]2CC[C@H](O)C(C)(C)C2)n1)c1ccc(OC(F)F)cc1.C[C@H]1CC[C@@H](Nc2nc(NCCc3ccc(CN4CCCC4=O)cc3)ncc2C#N)CC1(C)C.C[C@H]1CC[C@@H](Nc2nc(NCCc3ccc(OC4CCCC4)cc3)ncc2C#N)CC1(C)C. The standard InChI is InChI=1S/C27H36N6O.C27H37N5O.C23H29F2N5O2/c1-19-6-11-23(15-27(19,2)3)31-25-22(16-28)17-30-26(32-25)29-13-12-20-7-9-21(10-8-20)18-33-14-4-5-24(33)34;1-19-8-11-22(16-27(19,2)3)31-25-21(17-28)18-30-26(32-25)29-15-14-20-9-12-24(13-10-20)33-23-6-4-5-7-23;1-14(15-4-7-18(8-5-15)32-21(24)25)12-27-22-28-13-16(11-26)20(30-22)29-17-6-9-19(31)23(2,3)10-17/h7-10,17,19,23H,4-6,11-15,18H2,1-3H3,(H2,29,30,31,32);9-10,12-13,18-19,22-23H,4-8,11,14-16H2,1-3H3,(H2,29,30,31,32);4-5,7-8,13-14,17,19,21,31H,6,9-10,12H2,1-3H3,(H2,27,28,29,30)/t19-,23+;19-,22+;14?,17-,19+/m001/s1. The fourth-order valence-corrected chi connectivity index (χ4v) is 13.9. The summed E-state index contributed by atoms with van der Waals surface area (Å²) < 4.78 is 35.0. The highest BCUT2D eigenvalue weighted by molar-refractivity contribution is 5.78. The van der Waals surface area contributed by atoms with Crippen LogP contribution in [-0.4, -0.2) is 109 Å². The van der Waals surface area contributed by atoms with E-state index in [0.717, 1.165) is 82.2 Å². The number of likely N-dealkylation sites (tertiary alicyclic amines) is 1. The van der Waals surface area contributed by atoms with E-state index in [1.807, 2.05) is 25.7 Å². The highest BCUT2D eigenvalue weighted by Crippen LogP contribution is 2.43.